The molecule has 0 aliphatic rings. The molecule has 0 saturated heterocycles. The van der Waals surface area contributed by atoms with Crippen LogP contribution in [0.1, 0.15) is 30.0 Å². The van der Waals surface area contributed by atoms with Crippen molar-refractivity contribution < 1.29 is 13.9 Å². The number of aryl methyl sites for hydroxylation is 2. The van der Waals surface area contributed by atoms with E-state index in [2.05, 4.69) is 10.6 Å². The molecule has 24 heavy (non-hydrogen) atoms. The Morgan fingerprint density at radius 3 is 2.33 bits per heavy atom. The third-order valence-electron chi connectivity index (χ3n) is 3.60. The number of carbonyl (C=O) groups is 1. The summed E-state index contributed by atoms with van der Waals surface area (Å²) in [6.45, 7) is 6.87. The van der Waals surface area contributed by atoms with E-state index < -0.39 is 6.09 Å². The standard InChI is InChI=1S/C19H23FN2O2/c1-4-9-24-19(23)22-18-13(2)10-15(11-14(18)3)12-21-17-7-5-16(20)6-8-17/h5-8,10-11,21H,4,9,12H2,1-3H3,(H,22,23). The fourth-order valence-electron chi connectivity index (χ4n) is 2.46. The molecule has 0 radical (unpaired) electrons. The number of ether oxygens (including phenoxy) is 1. The second-order valence-electron chi connectivity index (χ2n) is 5.73. The van der Waals surface area contributed by atoms with Gasteiger partial charge >= 0.3 is 6.09 Å². The zero-order valence-corrected chi connectivity index (χ0v) is 14.3. The van der Waals surface area contributed by atoms with Gasteiger partial charge in [0.15, 0.2) is 0 Å². The molecule has 0 atom stereocenters. The minimum absolute atomic E-state index is 0.252. The van der Waals surface area contributed by atoms with Gasteiger partial charge in [-0.1, -0.05) is 19.1 Å². The Hall–Kier alpha value is -2.56. The summed E-state index contributed by atoms with van der Waals surface area (Å²) in [4.78, 5) is 11.7. The molecule has 0 aromatic heterocycles. The molecular weight excluding hydrogens is 307 g/mol. The van der Waals surface area contributed by atoms with Crippen LogP contribution in [0.15, 0.2) is 36.4 Å². The Morgan fingerprint density at radius 1 is 1.12 bits per heavy atom. The summed E-state index contributed by atoms with van der Waals surface area (Å²) in [6, 6.07) is 10.3. The van der Waals surface area contributed by atoms with Crippen molar-refractivity contribution in [2.45, 2.75) is 33.7 Å². The van der Waals surface area contributed by atoms with Gasteiger partial charge in [0.05, 0.1) is 6.61 Å². The average molecular weight is 330 g/mol. The van der Waals surface area contributed by atoms with Crippen molar-refractivity contribution in [2.75, 3.05) is 17.2 Å². The Balaban J connectivity index is 2.03. The summed E-state index contributed by atoms with van der Waals surface area (Å²) in [5, 5.41) is 6.05. The van der Waals surface area contributed by atoms with E-state index in [0.717, 1.165) is 34.5 Å². The number of carbonyl (C=O) groups excluding carboxylic acids is 1. The lowest BCUT2D eigenvalue weighted by Crippen LogP contribution is -2.16. The van der Waals surface area contributed by atoms with Gasteiger partial charge < -0.3 is 10.1 Å². The highest BCUT2D eigenvalue weighted by Gasteiger charge is 2.09. The molecule has 0 aliphatic carbocycles. The summed E-state index contributed by atoms with van der Waals surface area (Å²) in [6.07, 6.45) is 0.361. The topological polar surface area (TPSA) is 50.4 Å². The van der Waals surface area contributed by atoms with Crippen molar-refractivity contribution >= 4 is 17.5 Å². The summed E-state index contributed by atoms with van der Waals surface area (Å²) in [7, 11) is 0. The molecule has 5 heteroatoms. The number of halogens is 1. The van der Waals surface area contributed by atoms with Crippen molar-refractivity contribution in [1.82, 2.24) is 0 Å². The number of benzene rings is 2. The average Bonchev–Trinajstić information content (AvgIpc) is 2.56. The highest BCUT2D eigenvalue weighted by atomic mass is 19.1. The van der Waals surface area contributed by atoms with Gasteiger partial charge in [-0.05, 0) is 61.2 Å². The highest BCUT2D eigenvalue weighted by Crippen LogP contribution is 2.23. The molecule has 0 unspecified atom stereocenters. The van der Waals surface area contributed by atoms with Crippen molar-refractivity contribution in [3.05, 3.63) is 58.9 Å². The monoisotopic (exact) mass is 330 g/mol. The first-order chi connectivity index (χ1) is 11.5. The fraction of sp³-hybridized carbons (Fsp3) is 0.316. The fourth-order valence-corrected chi connectivity index (χ4v) is 2.46. The number of nitrogens with one attached hydrogen (secondary N) is 2. The second kappa shape index (κ2) is 8.34. The molecule has 0 fully saturated rings. The highest BCUT2D eigenvalue weighted by molar-refractivity contribution is 5.86. The maximum Gasteiger partial charge on any atom is 0.411 e. The van der Waals surface area contributed by atoms with E-state index in [1.807, 2.05) is 32.9 Å². The van der Waals surface area contributed by atoms with E-state index in [9.17, 15) is 9.18 Å². The van der Waals surface area contributed by atoms with Gasteiger partial charge in [0.2, 0.25) is 0 Å². The first-order valence-electron chi connectivity index (χ1n) is 8.03. The first-order valence-corrected chi connectivity index (χ1v) is 8.03. The van der Waals surface area contributed by atoms with Gasteiger partial charge in [-0.2, -0.15) is 0 Å². The van der Waals surface area contributed by atoms with E-state index >= 15 is 0 Å². The van der Waals surface area contributed by atoms with E-state index in [1.54, 1.807) is 12.1 Å². The summed E-state index contributed by atoms with van der Waals surface area (Å²) >= 11 is 0. The zero-order valence-electron chi connectivity index (χ0n) is 14.3. The van der Waals surface area contributed by atoms with Crippen LogP contribution in [0.2, 0.25) is 0 Å². The van der Waals surface area contributed by atoms with Crippen molar-refractivity contribution in [2.24, 2.45) is 0 Å². The molecule has 0 spiro atoms. The Bertz CT molecular complexity index is 676. The summed E-state index contributed by atoms with van der Waals surface area (Å²) in [5.74, 6) is -0.252. The van der Waals surface area contributed by atoms with Crippen molar-refractivity contribution in [3.8, 4) is 0 Å². The van der Waals surface area contributed by atoms with Crippen molar-refractivity contribution in [1.29, 1.82) is 0 Å². The summed E-state index contributed by atoms with van der Waals surface area (Å²) in [5.41, 5.74) is 4.67. The van der Waals surface area contributed by atoms with E-state index in [4.69, 9.17) is 4.74 Å². The van der Waals surface area contributed by atoms with E-state index in [0.29, 0.717) is 13.2 Å². The first kappa shape index (κ1) is 17.8. The molecule has 128 valence electrons. The van der Waals surface area contributed by atoms with Crippen LogP contribution in [0.4, 0.5) is 20.6 Å². The number of hydrogen-bond donors (Lipinski definition) is 2. The van der Waals surface area contributed by atoms with Crippen LogP contribution in [0.5, 0.6) is 0 Å². The number of rotatable bonds is 6. The number of hydrogen-bond acceptors (Lipinski definition) is 3. The molecule has 0 saturated carbocycles. The predicted molar refractivity (Wildman–Crippen MR) is 94.9 cm³/mol. The molecule has 2 rings (SSSR count). The van der Waals surface area contributed by atoms with Gasteiger partial charge in [-0.3, -0.25) is 5.32 Å². The smallest absolute Gasteiger partial charge is 0.411 e. The van der Waals surface area contributed by atoms with Crippen LogP contribution in [-0.4, -0.2) is 12.7 Å². The molecular formula is C19H23FN2O2. The van der Waals surface area contributed by atoms with Gasteiger partial charge in [0.25, 0.3) is 0 Å². The van der Waals surface area contributed by atoms with Crippen LogP contribution >= 0.6 is 0 Å². The lowest BCUT2D eigenvalue weighted by Gasteiger charge is -2.14. The Morgan fingerprint density at radius 2 is 1.75 bits per heavy atom. The van der Waals surface area contributed by atoms with Crippen molar-refractivity contribution in [3.63, 3.8) is 0 Å². The van der Waals surface area contributed by atoms with E-state index in [-0.39, 0.29) is 5.82 Å². The maximum atomic E-state index is 12.9. The molecule has 2 aromatic rings. The van der Waals surface area contributed by atoms with Crippen LogP contribution in [0.3, 0.4) is 0 Å². The molecule has 4 nitrogen and oxygen atoms in total. The minimum Gasteiger partial charge on any atom is -0.449 e. The molecule has 2 N–H and O–H groups in total. The Labute approximate surface area is 142 Å². The predicted octanol–water partition coefficient (Wildman–Crippen LogP) is 5.01. The second-order valence-corrected chi connectivity index (χ2v) is 5.73. The lowest BCUT2D eigenvalue weighted by molar-refractivity contribution is 0.161. The summed E-state index contributed by atoms with van der Waals surface area (Å²) < 4.78 is 18.0. The third-order valence-corrected chi connectivity index (χ3v) is 3.60. The van der Waals surface area contributed by atoms with Crippen LogP contribution < -0.4 is 10.6 Å². The van der Waals surface area contributed by atoms with Gasteiger partial charge in [0.1, 0.15) is 5.82 Å². The van der Waals surface area contributed by atoms with E-state index in [1.165, 1.54) is 12.1 Å². The van der Waals surface area contributed by atoms with Gasteiger partial charge in [0, 0.05) is 17.9 Å². The normalized spacial score (nSPS) is 10.3. The van der Waals surface area contributed by atoms with Crippen LogP contribution in [0.25, 0.3) is 0 Å². The third kappa shape index (κ3) is 4.98. The maximum absolute atomic E-state index is 12.9. The van der Waals surface area contributed by atoms with Gasteiger partial charge in [-0.25, -0.2) is 9.18 Å². The minimum atomic E-state index is -0.430. The molecule has 1 amide bonds. The van der Waals surface area contributed by atoms with Crippen LogP contribution in [-0.2, 0) is 11.3 Å². The lowest BCUT2D eigenvalue weighted by atomic mass is 10.0. The molecule has 0 heterocycles. The zero-order chi connectivity index (χ0) is 17.5. The quantitative estimate of drug-likeness (QED) is 0.782. The number of amides is 1. The molecule has 0 aliphatic heterocycles. The number of anilines is 2. The molecule has 2 aromatic carbocycles. The Kier molecular flexibility index (Phi) is 6.18. The SMILES string of the molecule is CCCOC(=O)Nc1c(C)cc(CNc2ccc(F)cc2)cc1C. The van der Waals surface area contributed by atoms with Crippen LogP contribution in [0, 0.1) is 19.7 Å². The molecule has 0 bridgehead atoms. The largest absolute Gasteiger partial charge is 0.449 e. The van der Waals surface area contributed by atoms with Gasteiger partial charge in [-0.15, -0.1) is 0 Å².